The molecule has 0 aromatic heterocycles. The Morgan fingerprint density at radius 3 is 2.40 bits per heavy atom. The molecule has 0 bridgehead atoms. The van der Waals surface area contributed by atoms with Gasteiger partial charge in [-0.15, -0.1) is 0 Å². The molecule has 0 saturated heterocycles. The molecule has 1 N–H and O–H groups in total. The Hall–Kier alpha value is -3.38. The minimum absolute atomic E-state index is 0.185. The van der Waals surface area contributed by atoms with Crippen LogP contribution in [0.3, 0.4) is 0 Å². The molecule has 3 aromatic carbocycles. The van der Waals surface area contributed by atoms with Gasteiger partial charge < -0.3 is 15.0 Å². The number of carbonyl (C=O) groups is 2. The number of hydrogen-bond donors (Lipinski definition) is 1. The summed E-state index contributed by atoms with van der Waals surface area (Å²) in [6, 6.07) is 21.5. The van der Waals surface area contributed by atoms with Crippen LogP contribution in [0.1, 0.15) is 30.9 Å². The van der Waals surface area contributed by atoms with E-state index in [2.05, 4.69) is 12.2 Å². The van der Waals surface area contributed by atoms with Gasteiger partial charge in [-0.25, -0.2) is 4.39 Å². The number of rotatable bonds is 12. The summed E-state index contributed by atoms with van der Waals surface area (Å²) in [6.07, 6.45) is 2.14. The molecule has 0 aliphatic heterocycles. The third-order valence-electron chi connectivity index (χ3n) is 5.52. The van der Waals surface area contributed by atoms with E-state index < -0.39 is 11.9 Å². The van der Waals surface area contributed by atoms with Crippen molar-refractivity contribution in [3.05, 3.63) is 101 Å². The first kappa shape index (κ1) is 26.2. The molecule has 1 unspecified atom stereocenters. The molecule has 0 aliphatic rings. The predicted molar refractivity (Wildman–Crippen MR) is 136 cm³/mol. The van der Waals surface area contributed by atoms with E-state index in [9.17, 15) is 14.0 Å². The van der Waals surface area contributed by atoms with E-state index in [0.29, 0.717) is 23.7 Å². The molecule has 0 heterocycles. The van der Waals surface area contributed by atoms with Crippen molar-refractivity contribution in [1.29, 1.82) is 0 Å². The minimum Gasteiger partial charge on any atom is -0.484 e. The number of benzene rings is 3. The molecule has 35 heavy (non-hydrogen) atoms. The van der Waals surface area contributed by atoms with Gasteiger partial charge in [0.15, 0.2) is 6.61 Å². The van der Waals surface area contributed by atoms with Crippen LogP contribution in [-0.2, 0) is 22.6 Å². The summed E-state index contributed by atoms with van der Waals surface area (Å²) in [4.78, 5) is 28.3. The lowest BCUT2D eigenvalue weighted by Gasteiger charge is -2.31. The quantitative estimate of drug-likeness (QED) is 0.341. The normalized spacial score (nSPS) is 11.5. The second-order valence-corrected chi connectivity index (χ2v) is 8.68. The second-order valence-electron chi connectivity index (χ2n) is 8.24. The summed E-state index contributed by atoms with van der Waals surface area (Å²) in [7, 11) is 0. The molecular formula is C28H30ClFN2O3. The predicted octanol–water partition coefficient (Wildman–Crippen LogP) is 5.41. The van der Waals surface area contributed by atoms with Crippen molar-refractivity contribution >= 4 is 23.4 Å². The van der Waals surface area contributed by atoms with E-state index in [-0.39, 0.29) is 25.0 Å². The number of hydrogen-bond acceptors (Lipinski definition) is 3. The number of amides is 2. The summed E-state index contributed by atoms with van der Waals surface area (Å²) >= 11 is 6.18. The highest BCUT2D eigenvalue weighted by molar-refractivity contribution is 6.30. The Balaban J connectivity index is 1.87. The number of unbranched alkanes of at least 4 members (excludes halogenated alkanes) is 1. The van der Waals surface area contributed by atoms with Crippen LogP contribution in [0.5, 0.6) is 5.75 Å². The Labute approximate surface area is 210 Å². The van der Waals surface area contributed by atoms with Crippen LogP contribution < -0.4 is 10.1 Å². The fourth-order valence-corrected chi connectivity index (χ4v) is 3.86. The fourth-order valence-electron chi connectivity index (χ4n) is 3.65. The fraction of sp³-hybridized carbons (Fsp3) is 0.286. The van der Waals surface area contributed by atoms with Gasteiger partial charge in [-0.1, -0.05) is 67.4 Å². The number of carbonyl (C=O) groups excluding carboxylic acids is 2. The van der Waals surface area contributed by atoms with E-state index in [4.69, 9.17) is 16.3 Å². The van der Waals surface area contributed by atoms with Gasteiger partial charge in [0, 0.05) is 24.5 Å². The van der Waals surface area contributed by atoms with E-state index >= 15 is 0 Å². The standard InChI is InChI=1S/C28H30ClFN2O3/c1-2-3-16-31-28(34)26(18-21-8-5-4-6-9-21)32(19-22-10-7-11-23(29)17-22)27(33)20-35-25-14-12-24(30)13-15-25/h4-15,17,26H,2-3,16,18-20H2,1H3,(H,31,34). The summed E-state index contributed by atoms with van der Waals surface area (Å²) < 4.78 is 18.9. The minimum atomic E-state index is -0.752. The topological polar surface area (TPSA) is 58.6 Å². The summed E-state index contributed by atoms with van der Waals surface area (Å²) in [5.41, 5.74) is 1.73. The number of halogens is 2. The number of ether oxygens (including phenoxy) is 1. The third-order valence-corrected chi connectivity index (χ3v) is 5.75. The van der Waals surface area contributed by atoms with Gasteiger partial charge in [0.05, 0.1) is 0 Å². The Kier molecular flexibility index (Phi) is 10.1. The molecule has 0 fully saturated rings. The van der Waals surface area contributed by atoms with Crippen molar-refractivity contribution in [2.24, 2.45) is 0 Å². The summed E-state index contributed by atoms with van der Waals surface area (Å²) in [5, 5.41) is 3.52. The van der Waals surface area contributed by atoms with Crippen molar-refractivity contribution in [3.8, 4) is 5.75 Å². The molecule has 184 valence electrons. The first-order valence-electron chi connectivity index (χ1n) is 11.7. The summed E-state index contributed by atoms with van der Waals surface area (Å²) in [5.74, 6) is -0.604. The molecule has 1 atom stereocenters. The molecule has 0 saturated carbocycles. The molecule has 5 nitrogen and oxygen atoms in total. The molecule has 3 rings (SSSR count). The van der Waals surface area contributed by atoms with Crippen LogP contribution in [0, 0.1) is 5.82 Å². The van der Waals surface area contributed by atoms with E-state index in [0.717, 1.165) is 24.0 Å². The van der Waals surface area contributed by atoms with Gasteiger partial charge in [-0.2, -0.15) is 0 Å². The summed E-state index contributed by atoms with van der Waals surface area (Å²) in [6.45, 7) is 2.48. The van der Waals surface area contributed by atoms with Gasteiger partial charge in [0.1, 0.15) is 17.6 Å². The Morgan fingerprint density at radius 2 is 1.71 bits per heavy atom. The smallest absolute Gasteiger partial charge is 0.261 e. The van der Waals surface area contributed by atoms with Crippen molar-refractivity contribution in [3.63, 3.8) is 0 Å². The van der Waals surface area contributed by atoms with E-state index in [1.807, 2.05) is 42.5 Å². The highest BCUT2D eigenvalue weighted by Gasteiger charge is 2.30. The second kappa shape index (κ2) is 13.5. The van der Waals surface area contributed by atoms with E-state index in [1.165, 1.54) is 29.2 Å². The van der Waals surface area contributed by atoms with E-state index in [1.54, 1.807) is 12.1 Å². The lowest BCUT2D eigenvalue weighted by molar-refractivity contribution is -0.142. The van der Waals surface area contributed by atoms with Crippen molar-refractivity contribution < 1.29 is 18.7 Å². The zero-order valence-corrected chi connectivity index (χ0v) is 20.5. The lowest BCUT2D eigenvalue weighted by Crippen LogP contribution is -2.51. The molecule has 2 amide bonds. The average molecular weight is 497 g/mol. The molecule has 7 heteroatoms. The van der Waals surface area contributed by atoms with Crippen LogP contribution in [0.4, 0.5) is 4.39 Å². The van der Waals surface area contributed by atoms with Crippen LogP contribution >= 0.6 is 11.6 Å². The van der Waals surface area contributed by atoms with Gasteiger partial charge in [0.2, 0.25) is 5.91 Å². The molecular weight excluding hydrogens is 467 g/mol. The lowest BCUT2D eigenvalue weighted by atomic mass is 10.0. The zero-order chi connectivity index (χ0) is 25.0. The average Bonchev–Trinajstić information content (AvgIpc) is 2.86. The molecule has 0 aliphatic carbocycles. The van der Waals surface area contributed by atoms with Gasteiger partial charge in [-0.05, 0) is 53.9 Å². The Morgan fingerprint density at radius 1 is 1.00 bits per heavy atom. The SMILES string of the molecule is CCCCNC(=O)C(Cc1ccccc1)N(Cc1cccc(Cl)c1)C(=O)COc1ccc(F)cc1. The van der Waals surface area contributed by atoms with Crippen LogP contribution in [-0.4, -0.2) is 35.9 Å². The highest BCUT2D eigenvalue weighted by atomic mass is 35.5. The number of nitrogens with zero attached hydrogens (tertiary/aromatic N) is 1. The van der Waals surface area contributed by atoms with Crippen LogP contribution in [0.25, 0.3) is 0 Å². The third kappa shape index (κ3) is 8.41. The van der Waals surface area contributed by atoms with Crippen LogP contribution in [0.15, 0.2) is 78.9 Å². The first-order valence-corrected chi connectivity index (χ1v) is 12.1. The Bertz CT molecular complexity index is 1090. The zero-order valence-electron chi connectivity index (χ0n) is 19.8. The van der Waals surface area contributed by atoms with Crippen molar-refractivity contribution in [2.75, 3.05) is 13.2 Å². The largest absolute Gasteiger partial charge is 0.484 e. The van der Waals surface area contributed by atoms with Crippen LogP contribution in [0.2, 0.25) is 5.02 Å². The van der Waals surface area contributed by atoms with Crippen molar-refractivity contribution in [1.82, 2.24) is 10.2 Å². The van der Waals surface area contributed by atoms with Gasteiger partial charge in [0.25, 0.3) is 5.91 Å². The van der Waals surface area contributed by atoms with Gasteiger partial charge in [-0.3, -0.25) is 9.59 Å². The molecule has 0 radical (unpaired) electrons. The monoisotopic (exact) mass is 496 g/mol. The molecule has 0 spiro atoms. The maximum absolute atomic E-state index is 13.5. The maximum Gasteiger partial charge on any atom is 0.261 e. The van der Waals surface area contributed by atoms with Gasteiger partial charge >= 0.3 is 0 Å². The van der Waals surface area contributed by atoms with Crippen molar-refractivity contribution in [2.45, 2.75) is 38.8 Å². The maximum atomic E-state index is 13.5. The first-order chi connectivity index (χ1) is 17.0. The molecule has 3 aromatic rings. The highest BCUT2D eigenvalue weighted by Crippen LogP contribution is 2.18. The number of nitrogens with one attached hydrogen (secondary N) is 1.